The molecule has 5 heteroatoms. The van der Waals surface area contributed by atoms with Gasteiger partial charge in [0.05, 0.1) is 17.5 Å². The van der Waals surface area contributed by atoms with Gasteiger partial charge in [0.1, 0.15) is 5.65 Å². The molecular weight excluding hydrogens is 306 g/mol. The zero-order valence-corrected chi connectivity index (χ0v) is 12.4. The molecule has 0 unspecified atom stereocenters. The van der Waals surface area contributed by atoms with Crippen molar-refractivity contribution in [2.75, 3.05) is 6.54 Å². The molecule has 19 heavy (non-hydrogen) atoms. The van der Waals surface area contributed by atoms with Gasteiger partial charge >= 0.3 is 0 Å². The van der Waals surface area contributed by atoms with Crippen LogP contribution in [0.3, 0.4) is 0 Å². The summed E-state index contributed by atoms with van der Waals surface area (Å²) in [6.07, 6.45) is 8.01. The van der Waals surface area contributed by atoms with E-state index >= 15 is 0 Å². The average Bonchev–Trinajstić information content (AvgIpc) is 2.97. The number of aliphatic hydroxyl groups is 1. The highest BCUT2D eigenvalue weighted by Crippen LogP contribution is 2.28. The third-order valence-corrected chi connectivity index (χ3v) is 4.31. The molecule has 0 spiro atoms. The van der Waals surface area contributed by atoms with Gasteiger partial charge < -0.3 is 14.8 Å². The first-order valence-electron chi connectivity index (χ1n) is 6.71. The van der Waals surface area contributed by atoms with Crippen molar-refractivity contribution in [3.8, 4) is 0 Å². The molecule has 0 atom stereocenters. The molecule has 4 nitrogen and oxygen atoms in total. The van der Waals surface area contributed by atoms with E-state index in [4.69, 9.17) is 0 Å². The maximum atomic E-state index is 10.3. The van der Waals surface area contributed by atoms with Crippen LogP contribution in [0.2, 0.25) is 0 Å². The summed E-state index contributed by atoms with van der Waals surface area (Å²) in [6, 6.07) is 3.97. The average molecular weight is 324 g/mol. The Morgan fingerprint density at radius 2 is 2.16 bits per heavy atom. The first-order chi connectivity index (χ1) is 9.16. The molecule has 2 heterocycles. The molecule has 1 fully saturated rings. The first kappa shape index (κ1) is 13.1. The van der Waals surface area contributed by atoms with Crippen molar-refractivity contribution >= 4 is 21.6 Å². The van der Waals surface area contributed by atoms with E-state index in [0.717, 1.165) is 48.0 Å². The second-order valence-corrected chi connectivity index (χ2v) is 6.28. The summed E-state index contributed by atoms with van der Waals surface area (Å²) in [5, 5.41) is 13.6. The van der Waals surface area contributed by atoms with Crippen LogP contribution in [0.25, 0.3) is 5.65 Å². The summed E-state index contributed by atoms with van der Waals surface area (Å²) in [6.45, 7) is 1.38. The van der Waals surface area contributed by atoms with Gasteiger partial charge in [0.2, 0.25) is 0 Å². The summed E-state index contributed by atoms with van der Waals surface area (Å²) in [7, 11) is 0. The minimum atomic E-state index is -0.499. The lowest BCUT2D eigenvalue weighted by Gasteiger charge is -2.22. The number of halogens is 1. The van der Waals surface area contributed by atoms with Crippen LogP contribution in [0.5, 0.6) is 0 Å². The topological polar surface area (TPSA) is 49.6 Å². The van der Waals surface area contributed by atoms with Crippen molar-refractivity contribution in [3.05, 3.63) is 34.7 Å². The largest absolute Gasteiger partial charge is 0.389 e. The van der Waals surface area contributed by atoms with Gasteiger partial charge in [-0.1, -0.05) is 12.8 Å². The van der Waals surface area contributed by atoms with E-state index in [2.05, 4.69) is 30.6 Å². The minimum Gasteiger partial charge on any atom is -0.389 e. The number of nitrogens with one attached hydrogen (secondary N) is 1. The molecule has 0 amide bonds. The number of pyridine rings is 1. The van der Waals surface area contributed by atoms with Crippen molar-refractivity contribution in [3.63, 3.8) is 0 Å². The molecule has 0 radical (unpaired) electrons. The molecule has 1 aliphatic carbocycles. The Kier molecular flexibility index (Phi) is 3.60. The van der Waals surface area contributed by atoms with Gasteiger partial charge in [0.25, 0.3) is 0 Å². The number of hydrogen-bond acceptors (Lipinski definition) is 3. The number of imidazole rings is 1. The molecule has 1 saturated carbocycles. The highest BCUT2D eigenvalue weighted by molar-refractivity contribution is 9.10. The maximum absolute atomic E-state index is 10.3. The monoisotopic (exact) mass is 323 g/mol. The van der Waals surface area contributed by atoms with Gasteiger partial charge in [0.15, 0.2) is 0 Å². The first-order valence-corrected chi connectivity index (χ1v) is 7.50. The molecule has 2 aromatic rings. The van der Waals surface area contributed by atoms with Crippen molar-refractivity contribution in [1.29, 1.82) is 0 Å². The fourth-order valence-electron chi connectivity index (χ4n) is 2.77. The summed E-state index contributed by atoms with van der Waals surface area (Å²) >= 11 is 3.47. The normalized spacial score (nSPS) is 18.2. The molecule has 0 bridgehead atoms. The van der Waals surface area contributed by atoms with Crippen LogP contribution in [-0.2, 0) is 6.54 Å². The van der Waals surface area contributed by atoms with E-state index in [1.165, 1.54) is 0 Å². The molecule has 2 aromatic heterocycles. The van der Waals surface area contributed by atoms with Crippen molar-refractivity contribution in [1.82, 2.24) is 14.7 Å². The maximum Gasteiger partial charge on any atom is 0.136 e. The predicted molar refractivity (Wildman–Crippen MR) is 78.0 cm³/mol. The SMILES string of the molecule is OC1(CNCc2cnc3ccc(Br)cn23)CCCC1. The standard InChI is InChI=1S/C14H18BrN3O/c15-11-3-4-13-17-8-12(18(13)9-11)7-16-10-14(19)5-1-2-6-14/h3-4,8-9,16,19H,1-2,5-7,10H2. The predicted octanol–water partition coefficient (Wildman–Crippen LogP) is 2.49. The van der Waals surface area contributed by atoms with Crippen LogP contribution in [-0.4, -0.2) is 26.6 Å². The van der Waals surface area contributed by atoms with Gasteiger partial charge in [-0.2, -0.15) is 0 Å². The molecule has 102 valence electrons. The van der Waals surface area contributed by atoms with Crippen LogP contribution in [0.1, 0.15) is 31.4 Å². The number of aromatic nitrogens is 2. The Labute approximate surface area is 121 Å². The molecule has 0 aromatic carbocycles. The van der Waals surface area contributed by atoms with Gasteiger partial charge in [-0.15, -0.1) is 0 Å². The molecule has 1 aliphatic rings. The third kappa shape index (κ3) is 2.83. The van der Waals surface area contributed by atoms with E-state index in [0.29, 0.717) is 6.54 Å². The Hall–Kier alpha value is -0.910. The Morgan fingerprint density at radius 1 is 1.37 bits per heavy atom. The van der Waals surface area contributed by atoms with E-state index in [9.17, 15) is 5.11 Å². The summed E-state index contributed by atoms with van der Waals surface area (Å²) in [5.74, 6) is 0. The summed E-state index contributed by atoms with van der Waals surface area (Å²) in [5.41, 5.74) is 1.55. The number of rotatable bonds is 4. The summed E-state index contributed by atoms with van der Waals surface area (Å²) in [4.78, 5) is 4.37. The molecule has 0 aliphatic heterocycles. The Bertz CT molecular complexity index is 575. The minimum absolute atomic E-state index is 0.499. The van der Waals surface area contributed by atoms with Crippen LogP contribution >= 0.6 is 15.9 Å². The number of hydrogen-bond donors (Lipinski definition) is 2. The Balaban J connectivity index is 1.67. The van der Waals surface area contributed by atoms with E-state index in [1.807, 2.05) is 24.5 Å². The van der Waals surface area contributed by atoms with E-state index < -0.39 is 5.60 Å². The van der Waals surface area contributed by atoms with Crippen LogP contribution in [0, 0.1) is 0 Å². The van der Waals surface area contributed by atoms with E-state index in [-0.39, 0.29) is 0 Å². The number of fused-ring (bicyclic) bond motifs is 1. The highest BCUT2D eigenvalue weighted by Gasteiger charge is 2.30. The summed E-state index contributed by atoms with van der Waals surface area (Å²) < 4.78 is 3.10. The van der Waals surface area contributed by atoms with Gasteiger partial charge in [-0.3, -0.25) is 0 Å². The molecular formula is C14H18BrN3O. The smallest absolute Gasteiger partial charge is 0.136 e. The van der Waals surface area contributed by atoms with Crippen molar-refractivity contribution < 1.29 is 5.11 Å². The second kappa shape index (κ2) is 5.23. The fourth-order valence-corrected chi connectivity index (χ4v) is 3.11. The zero-order chi connectivity index (χ0) is 13.3. The lowest BCUT2D eigenvalue weighted by Crippen LogP contribution is -2.37. The van der Waals surface area contributed by atoms with Crippen molar-refractivity contribution in [2.24, 2.45) is 0 Å². The van der Waals surface area contributed by atoms with Gasteiger partial charge in [-0.25, -0.2) is 4.98 Å². The van der Waals surface area contributed by atoms with Crippen molar-refractivity contribution in [2.45, 2.75) is 37.8 Å². The van der Waals surface area contributed by atoms with E-state index in [1.54, 1.807) is 0 Å². The van der Waals surface area contributed by atoms with Crippen LogP contribution < -0.4 is 5.32 Å². The quantitative estimate of drug-likeness (QED) is 0.908. The Morgan fingerprint density at radius 3 is 2.95 bits per heavy atom. The highest BCUT2D eigenvalue weighted by atomic mass is 79.9. The van der Waals surface area contributed by atoms with Crippen LogP contribution in [0.15, 0.2) is 29.0 Å². The number of nitrogens with zero attached hydrogens (tertiary/aromatic N) is 2. The van der Waals surface area contributed by atoms with Gasteiger partial charge in [0, 0.05) is 23.8 Å². The van der Waals surface area contributed by atoms with Crippen LogP contribution in [0.4, 0.5) is 0 Å². The lowest BCUT2D eigenvalue weighted by molar-refractivity contribution is 0.0474. The molecule has 3 rings (SSSR count). The fraction of sp³-hybridized carbons (Fsp3) is 0.500. The molecule has 0 saturated heterocycles. The third-order valence-electron chi connectivity index (χ3n) is 3.84. The zero-order valence-electron chi connectivity index (χ0n) is 10.8. The molecule has 2 N–H and O–H groups in total. The second-order valence-electron chi connectivity index (χ2n) is 5.36. The lowest BCUT2D eigenvalue weighted by atomic mass is 10.0. The van der Waals surface area contributed by atoms with Gasteiger partial charge in [-0.05, 0) is 40.9 Å².